The Morgan fingerprint density at radius 1 is 1.38 bits per heavy atom. The van der Waals surface area contributed by atoms with Crippen molar-refractivity contribution in [2.75, 3.05) is 13.1 Å². The third kappa shape index (κ3) is 7.80. The molecule has 0 heterocycles. The molecule has 0 saturated carbocycles. The predicted molar refractivity (Wildman–Crippen MR) is 88.5 cm³/mol. The largest absolute Gasteiger partial charge is 0.416 e. The lowest BCUT2D eigenvalue weighted by atomic mass is 10.1. The minimum absolute atomic E-state index is 0. The van der Waals surface area contributed by atoms with Gasteiger partial charge in [0.1, 0.15) is 0 Å². The maximum atomic E-state index is 12.5. The zero-order valence-electron chi connectivity index (χ0n) is 11.5. The first-order chi connectivity index (χ1) is 9.43. The number of hydrogen-bond acceptors (Lipinski definition) is 1. The second kappa shape index (κ2) is 9.50. The van der Waals surface area contributed by atoms with E-state index in [1.165, 1.54) is 12.1 Å². The van der Waals surface area contributed by atoms with E-state index >= 15 is 0 Å². The van der Waals surface area contributed by atoms with Gasteiger partial charge in [-0.3, -0.25) is 4.99 Å². The first-order valence-corrected chi connectivity index (χ1v) is 6.13. The smallest absolute Gasteiger partial charge is 0.370 e. The van der Waals surface area contributed by atoms with Crippen molar-refractivity contribution in [3.8, 4) is 11.8 Å². The van der Waals surface area contributed by atoms with Gasteiger partial charge in [-0.1, -0.05) is 24.8 Å². The molecular weight excluding hydrogens is 394 g/mol. The zero-order chi connectivity index (χ0) is 15.0. The first kappa shape index (κ1) is 19.6. The van der Waals surface area contributed by atoms with Gasteiger partial charge < -0.3 is 11.1 Å². The average Bonchev–Trinajstić information content (AvgIpc) is 2.41. The Balaban J connectivity index is 0.00000400. The fourth-order valence-corrected chi connectivity index (χ4v) is 1.34. The lowest BCUT2D eigenvalue weighted by Crippen LogP contribution is -2.32. The van der Waals surface area contributed by atoms with Crippen LogP contribution in [-0.4, -0.2) is 19.0 Å². The molecule has 0 amide bonds. The maximum Gasteiger partial charge on any atom is 0.416 e. The molecule has 0 aliphatic heterocycles. The van der Waals surface area contributed by atoms with Crippen LogP contribution >= 0.6 is 24.0 Å². The van der Waals surface area contributed by atoms with Crippen molar-refractivity contribution in [1.29, 1.82) is 0 Å². The average molecular weight is 411 g/mol. The van der Waals surface area contributed by atoms with Crippen LogP contribution in [0.25, 0.3) is 0 Å². The van der Waals surface area contributed by atoms with Crippen molar-refractivity contribution in [2.45, 2.75) is 19.5 Å². The summed E-state index contributed by atoms with van der Waals surface area (Å²) < 4.78 is 37.5. The first-order valence-electron chi connectivity index (χ1n) is 6.13. The SMILES string of the molecule is CCCN=C(N)NCC#Cc1cccc(C(F)(F)F)c1.I. The molecule has 0 aliphatic rings. The molecule has 3 N–H and O–H groups in total. The van der Waals surface area contributed by atoms with E-state index in [0.29, 0.717) is 12.1 Å². The maximum absolute atomic E-state index is 12.5. The fourth-order valence-electron chi connectivity index (χ4n) is 1.34. The van der Waals surface area contributed by atoms with Crippen LogP contribution in [0.3, 0.4) is 0 Å². The molecule has 0 bridgehead atoms. The number of guanidine groups is 1. The molecule has 0 atom stereocenters. The summed E-state index contributed by atoms with van der Waals surface area (Å²) in [6.45, 7) is 2.83. The van der Waals surface area contributed by atoms with Crippen LogP contribution in [-0.2, 0) is 6.18 Å². The number of nitrogens with zero attached hydrogens (tertiary/aromatic N) is 1. The van der Waals surface area contributed by atoms with E-state index in [-0.39, 0.29) is 36.5 Å². The van der Waals surface area contributed by atoms with Crippen molar-refractivity contribution in [1.82, 2.24) is 5.32 Å². The molecule has 0 fully saturated rings. The Morgan fingerprint density at radius 3 is 2.71 bits per heavy atom. The zero-order valence-corrected chi connectivity index (χ0v) is 13.8. The highest BCUT2D eigenvalue weighted by Gasteiger charge is 2.30. The van der Waals surface area contributed by atoms with E-state index in [4.69, 9.17) is 5.73 Å². The highest BCUT2D eigenvalue weighted by molar-refractivity contribution is 14.0. The topological polar surface area (TPSA) is 50.4 Å². The third-order valence-corrected chi connectivity index (χ3v) is 2.29. The summed E-state index contributed by atoms with van der Waals surface area (Å²) in [4.78, 5) is 4.00. The molecule has 21 heavy (non-hydrogen) atoms. The van der Waals surface area contributed by atoms with E-state index in [1.54, 1.807) is 0 Å². The minimum Gasteiger partial charge on any atom is -0.370 e. The molecule has 1 rings (SSSR count). The second-order valence-electron chi connectivity index (χ2n) is 4.00. The van der Waals surface area contributed by atoms with Gasteiger partial charge in [0, 0.05) is 12.1 Å². The van der Waals surface area contributed by atoms with Gasteiger partial charge in [0.2, 0.25) is 0 Å². The normalized spacial score (nSPS) is 11.1. The third-order valence-electron chi connectivity index (χ3n) is 2.29. The quantitative estimate of drug-likeness (QED) is 0.348. The number of hydrogen-bond donors (Lipinski definition) is 2. The number of halogens is 4. The highest BCUT2D eigenvalue weighted by atomic mass is 127. The Hall–Kier alpha value is -1.43. The summed E-state index contributed by atoms with van der Waals surface area (Å²) in [6.07, 6.45) is -3.47. The van der Waals surface area contributed by atoms with Crippen molar-refractivity contribution < 1.29 is 13.2 Å². The number of nitrogens with two attached hydrogens (primary N) is 1. The van der Waals surface area contributed by atoms with Crippen molar-refractivity contribution in [2.24, 2.45) is 10.7 Å². The van der Waals surface area contributed by atoms with Gasteiger partial charge in [-0.25, -0.2) is 0 Å². The lowest BCUT2D eigenvalue weighted by molar-refractivity contribution is -0.137. The fraction of sp³-hybridized carbons (Fsp3) is 0.357. The molecule has 1 aromatic rings. The molecule has 7 heteroatoms. The number of rotatable bonds is 3. The van der Waals surface area contributed by atoms with Crippen LogP contribution in [0.5, 0.6) is 0 Å². The summed E-state index contributed by atoms with van der Waals surface area (Å²) >= 11 is 0. The van der Waals surface area contributed by atoms with Crippen molar-refractivity contribution in [3.63, 3.8) is 0 Å². The van der Waals surface area contributed by atoms with Crippen LogP contribution in [0.2, 0.25) is 0 Å². The minimum atomic E-state index is -4.35. The van der Waals surface area contributed by atoms with Gasteiger partial charge in [0.25, 0.3) is 0 Å². The summed E-state index contributed by atoms with van der Waals surface area (Å²) in [6, 6.07) is 4.88. The number of benzene rings is 1. The molecule has 0 radical (unpaired) electrons. The number of aliphatic imine (C=N–C) groups is 1. The van der Waals surface area contributed by atoms with Crippen molar-refractivity contribution in [3.05, 3.63) is 35.4 Å². The van der Waals surface area contributed by atoms with Crippen LogP contribution in [0.1, 0.15) is 24.5 Å². The van der Waals surface area contributed by atoms with Gasteiger partial charge in [-0.2, -0.15) is 13.2 Å². The van der Waals surface area contributed by atoms with E-state index in [9.17, 15) is 13.2 Å². The summed E-state index contributed by atoms with van der Waals surface area (Å²) in [5.41, 5.74) is 5.15. The van der Waals surface area contributed by atoms with Crippen LogP contribution in [0.15, 0.2) is 29.3 Å². The molecule has 116 valence electrons. The molecule has 0 saturated heterocycles. The molecule has 0 aliphatic carbocycles. The monoisotopic (exact) mass is 411 g/mol. The van der Waals surface area contributed by atoms with E-state index in [0.717, 1.165) is 18.6 Å². The van der Waals surface area contributed by atoms with E-state index in [1.807, 2.05) is 6.92 Å². The van der Waals surface area contributed by atoms with E-state index < -0.39 is 11.7 Å². The second-order valence-corrected chi connectivity index (χ2v) is 4.00. The Labute approximate surface area is 139 Å². The van der Waals surface area contributed by atoms with Crippen LogP contribution in [0.4, 0.5) is 13.2 Å². The van der Waals surface area contributed by atoms with Gasteiger partial charge in [0.15, 0.2) is 5.96 Å². The van der Waals surface area contributed by atoms with Gasteiger partial charge in [0.05, 0.1) is 12.1 Å². The summed E-state index contributed by atoms with van der Waals surface area (Å²) in [5, 5.41) is 2.76. The summed E-state index contributed by atoms with van der Waals surface area (Å²) in [5.74, 6) is 5.63. The molecule has 3 nitrogen and oxygen atoms in total. The summed E-state index contributed by atoms with van der Waals surface area (Å²) in [7, 11) is 0. The molecule has 0 aromatic heterocycles. The van der Waals surface area contributed by atoms with Crippen molar-refractivity contribution >= 4 is 29.9 Å². The molecule has 0 unspecified atom stereocenters. The van der Waals surface area contributed by atoms with Gasteiger partial charge >= 0.3 is 6.18 Å². The lowest BCUT2D eigenvalue weighted by Gasteiger charge is -2.05. The standard InChI is InChI=1S/C14H16F3N3.HI/c1-2-8-19-13(18)20-9-4-6-11-5-3-7-12(10-11)14(15,16)17;/h3,5,7,10H,2,8-9H2,1H3,(H3,18,19,20);1H. The van der Waals surface area contributed by atoms with Crippen LogP contribution in [0, 0.1) is 11.8 Å². The van der Waals surface area contributed by atoms with Gasteiger partial charge in [-0.05, 0) is 24.6 Å². The highest BCUT2D eigenvalue weighted by Crippen LogP contribution is 2.29. The van der Waals surface area contributed by atoms with Gasteiger partial charge in [-0.15, -0.1) is 24.0 Å². The molecule has 0 spiro atoms. The number of nitrogens with one attached hydrogen (secondary N) is 1. The van der Waals surface area contributed by atoms with Crippen LogP contribution < -0.4 is 11.1 Å². The Bertz CT molecular complexity index is 530. The number of alkyl halides is 3. The molecule has 1 aromatic carbocycles. The Morgan fingerprint density at radius 2 is 2.10 bits per heavy atom. The predicted octanol–water partition coefficient (Wildman–Crippen LogP) is 2.99. The molecular formula is C14H17F3IN3. The Kier molecular flexibility index (Phi) is 8.85. The van der Waals surface area contributed by atoms with E-state index in [2.05, 4.69) is 22.2 Å².